The van der Waals surface area contributed by atoms with Crippen LogP contribution >= 0.6 is 0 Å². The van der Waals surface area contributed by atoms with Crippen LogP contribution in [0.15, 0.2) is 48.5 Å². The van der Waals surface area contributed by atoms with Gasteiger partial charge in [-0.25, -0.2) is 0 Å². The molecule has 2 aromatic rings. The summed E-state index contributed by atoms with van der Waals surface area (Å²) in [7, 11) is 1.76. The lowest BCUT2D eigenvalue weighted by Crippen LogP contribution is -2.42. The van der Waals surface area contributed by atoms with Gasteiger partial charge in [-0.1, -0.05) is 30.3 Å². The van der Waals surface area contributed by atoms with E-state index in [0.29, 0.717) is 18.2 Å². The first-order valence-electron chi connectivity index (χ1n) is 11.0. The summed E-state index contributed by atoms with van der Waals surface area (Å²) in [6.07, 6.45) is 7.01. The molecule has 1 unspecified atom stereocenters. The van der Waals surface area contributed by atoms with Gasteiger partial charge in [0.15, 0.2) is 0 Å². The van der Waals surface area contributed by atoms with Gasteiger partial charge in [0.25, 0.3) is 0 Å². The van der Waals surface area contributed by atoms with Crippen LogP contribution in [0.2, 0.25) is 0 Å². The molecular formula is C25H33NO3. The maximum absolute atomic E-state index is 6.33. The molecule has 29 heavy (non-hydrogen) atoms. The van der Waals surface area contributed by atoms with Crippen LogP contribution in [0.3, 0.4) is 0 Å². The smallest absolute Gasteiger partial charge is 0.124 e. The van der Waals surface area contributed by atoms with Gasteiger partial charge in [0.1, 0.15) is 17.6 Å². The molecule has 4 nitrogen and oxygen atoms in total. The second kappa shape index (κ2) is 9.64. The molecule has 4 rings (SSSR count). The Morgan fingerprint density at radius 2 is 1.83 bits per heavy atom. The number of aryl methyl sites for hydroxylation is 1. The second-order valence-electron chi connectivity index (χ2n) is 8.44. The van der Waals surface area contributed by atoms with Crippen LogP contribution in [0, 0.1) is 0 Å². The first kappa shape index (κ1) is 20.2. The Kier molecular flexibility index (Phi) is 6.73. The van der Waals surface area contributed by atoms with Crippen LogP contribution in [0.4, 0.5) is 0 Å². The van der Waals surface area contributed by atoms with E-state index in [-0.39, 0.29) is 6.10 Å². The number of methoxy groups -OCH3 is 1. The van der Waals surface area contributed by atoms with Crippen molar-refractivity contribution >= 4 is 0 Å². The summed E-state index contributed by atoms with van der Waals surface area (Å²) < 4.78 is 17.8. The number of fused-ring (bicyclic) bond motifs is 1. The van der Waals surface area contributed by atoms with Gasteiger partial charge in [0.05, 0.1) is 12.7 Å². The zero-order valence-corrected chi connectivity index (χ0v) is 17.6. The standard InChI is InChI=1S/C25H33NO3/c1-18(17-27-2)26-21-9-11-22(12-10-21)28-23-13-15-25-20(16-23)8-14-24(29-25)19-6-4-3-5-7-19/h3-7,13,15-16,18,21-22,24,26H,8-12,14,17H2,1-2H3/t18-,21?,22?,24?/m0/s1. The number of benzene rings is 2. The van der Waals surface area contributed by atoms with Crippen LogP contribution in [0.1, 0.15) is 56.3 Å². The van der Waals surface area contributed by atoms with Crippen LogP contribution < -0.4 is 14.8 Å². The summed E-state index contributed by atoms with van der Waals surface area (Å²) in [4.78, 5) is 0. The molecule has 1 fully saturated rings. The first-order chi connectivity index (χ1) is 14.2. The van der Waals surface area contributed by atoms with Gasteiger partial charge >= 0.3 is 0 Å². The molecule has 2 aliphatic rings. The van der Waals surface area contributed by atoms with Gasteiger partial charge < -0.3 is 19.5 Å². The van der Waals surface area contributed by atoms with Gasteiger partial charge in [0, 0.05) is 19.2 Å². The normalized spacial score (nSPS) is 25.0. The maximum Gasteiger partial charge on any atom is 0.124 e. The molecule has 1 N–H and O–H groups in total. The van der Waals surface area contributed by atoms with Crippen LogP contribution in [0.5, 0.6) is 11.5 Å². The van der Waals surface area contributed by atoms with Crippen molar-refractivity contribution in [3.8, 4) is 11.5 Å². The van der Waals surface area contributed by atoms with Gasteiger partial charge in [-0.2, -0.15) is 0 Å². The highest BCUT2D eigenvalue weighted by molar-refractivity contribution is 5.42. The van der Waals surface area contributed by atoms with E-state index < -0.39 is 0 Å². The highest BCUT2D eigenvalue weighted by Crippen LogP contribution is 2.37. The summed E-state index contributed by atoms with van der Waals surface area (Å²) in [5.41, 5.74) is 2.52. The van der Waals surface area contributed by atoms with Crippen molar-refractivity contribution < 1.29 is 14.2 Å². The molecule has 0 saturated heterocycles. The van der Waals surface area contributed by atoms with E-state index in [0.717, 1.165) is 56.6 Å². The minimum absolute atomic E-state index is 0.152. The average Bonchev–Trinajstić information content (AvgIpc) is 2.75. The molecule has 0 aromatic heterocycles. The highest BCUT2D eigenvalue weighted by atomic mass is 16.5. The Bertz CT molecular complexity index is 771. The van der Waals surface area contributed by atoms with Crippen molar-refractivity contribution in [2.24, 2.45) is 0 Å². The van der Waals surface area contributed by atoms with Gasteiger partial charge in [-0.15, -0.1) is 0 Å². The van der Waals surface area contributed by atoms with E-state index in [1.54, 1.807) is 7.11 Å². The Morgan fingerprint density at radius 3 is 2.59 bits per heavy atom. The minimum atomic E-state index is 0.152. The van der Waals surface area contributed by atoms with E-state index in [2.05, 4.69) is 54.7 Å². The van der Waals surface area contributed by atoms with Gasteiger partial charge in [-0.3, -0.25) is 0 Å². The molecule has 156 valence electrons. The fourth-order valence-electron chi connectivity index (χ4n) is 4.58. The van der Waals surface area contributed by atoms with Gasteiger partial charge in [0.2, 0.25) is 0 Å². The predicted octanol–water partition coefficient (Wildman–Crippen LogP) is 5.07. The molecule has 2 aromatic carbocycles. The minimum Gasteiger partial charge on any atom is -0.490 e. The van der Waals surface area contributed by atoms with Crippen molar-refractivity contribution in [3.63, 3.8) is 0 Å². The summed E-state index contributed by atoms with van der Waals surface area (Å²) >= 11 is 0. The van der Waals surface area contributed by atoms with Crippen molar-refractivity contribution in [3.05, 3.63) is 59.7 Å². The fourth-order valence-corrected chi connectivity index (χ4v) is 4.58. The lowest BCUT2D eigenvalue weighted by Gasteiger charge is -2.32. The quantitative estimate of drug-likeness (QED) is 0.711. The topological polar surface area (TPSA) is 39.7 Å². The maximum atomic E-state index is 6.33. The van der Waals surface area contributed by atoms with Crippen molar-refractivity contribution in [1.82, 2.24) is 5.32 Å². The highest BCUT2D eigenvalue weighted by Gasteiger charge is 2.25. The molecule has 4 heteroatoms. The third-order valence-corrected chi connectivity index (χ3v) is 6.06. The zero-order valence-electron chi connectivity index (χ0n) is 17.6. The molecule has 0 amide bonds. The largest absolute Gasteiger partial charge is 0.490 e. The van der Waals surface area contributed by atoms with Crippen LogP contribution in [0.25, 0.3) is 0 Å². The SMILES string of the molecule is COC[C@H](C)NC1CCC(Oc2ccc3c(c2)CCC(c2ccccc2)O3)CC1. The van der Waals surface area contributed by atoms with E-state index in [9.17, 15) is 0 Å². The molecule has 0 radical (unpaired) electrons. The number of ether oxygens (including phenoxy) is 3. The number of hydrogen-bond acceptors (Lipinski definition) is 4. The lowest BCUT2D eigenvalue weighted by molar-refractivity contribution is 0.124. The molecule has 2 atom stereocenters. The molecule has 1 aliphatic heterocycles. The number of hydrogen-bond donors (Lipinski definition) is 1. The Morgan fingerprint density at radius 1 is 1.03 bits per heavy atom. The van der Waals surface area contributed by atoms with E-state index in [1.165, 1.54) is 11.1 Å². The Hall–Kier alpha value is -2.04. The third-order valence-electron chi connectivity index (χ3n) is 6.06. The lowest BCUT2D eigenvalue weighted by atomic mass is 9.92. The van der Waals surface area contributed by atoms with E-state index in [4.69, 9.17) is 14.2 Å². The molecule has 1 aliphatic carbocycles. The van der Waals surface area contributed by atoms with E-state index >= 15 is 0 Å². The van der Waals surface area contributed by atoms with Crippen molar-refractivity contribution in [2.45, 2.75) is 69.7 Å². The second-order valence-corrected chi connectivity index (χ2v) is 8.44. The summed E-state index contributed by atoms with van der Waals surface area (Å²) in [6, 6.07) is 17.8. The molecule has 0 spiro atoms. The van der Waals surface area contributed by atoms with Gasteiger partial charge in [-0.05, 0) is 74.8 Å². The summed E-state index contributed by atoms with van der Waals surface area (Å²) in [5.74, 6) is 1.98. The summed E-state index contributed by atoms with van der Waals surface area (Å²) in [6.45, 7) is 2.95. The number of nitrogens with one attached hydrogen (secondary N) is 1. The monoisotopic (exact) mass is 395 g/mol. The molecule has 0 bridgehead atoms. The molecule has 1 heterocycles. The average molecular weight is 396 g/mol. The molecular weight excluding hydrogens is 362 g/mol. The fraction of sp³-hybridized carbons (Fsp3) is 0.520. The number of rotatable bonds is 7. The van der Waals surface area contributed by atoms with Crippen LogP contribution in [-0.2, 0) is 11.2 Å². The zero-order chi connectivity index (χ0) is 20.1. The third kappa shape index (κ3) is 5.31. The van der Waals surface area contributed by atoms with Crippen molar-refractivity contribution in [1.29, 1.82) is 0 Å². The predicted molar refractivity (Wildman–Crippen MR) is 116 cm³/mol. The van der Waals surface area contributed by atoms with Crippen LogP contribution in [-0.4, -0.2) is 31.9 Å². The first-order valence-corrected chi connectivity index (χ1v) is 11.0. The van der Waals surface area contributed by atoms with E-state index in [1.807, 2.05) is 6.07 Å². The molecule has 1 saturated carbocycles. The summed E-state index contributed by atoms with van der Waals surface area (Å²) in [5, 5.41) is 3.67. The Labute approximate surface area is 174 Å². The van der Waals surface area contributed by atoms with Crippen molar-refractivity contribution in [2.75, 3.05) is 13.7 Å². The Balaban J connectivity index is 1.29.